The van der Waals surface area contributed by atoms with E-state index < -0.39 is 6.04 Å². The number of likely N-dealkylation sites (tertiary alicyclic amines) is 1. The van der Waals surface area contributed by atoms with Gasteiger partial charge < -0.3 is 20.3 Å². The van der Waals surface area contributed by atoms with Gasteiger partial charge in [0.25, 0.3) is 0 Å². The number of urea groups is 1. The number of benzene rings is 1. The number of ether oxygens (including phenoxy) is 1. The van der Waals surface area contributed by atoms with Gasteiger partial charge in [-0.3, -0.25) is 4.79 Å². The molecular weight excluding hydrogens is 306 g/mol. The van der Waals surface area contributed by atoms with Crippen LogP contribution in [0.15, 0.2) is 24.3 Å². The average Bonchev–Trinajstić information content (AvgIpc) is 2.97. The fourth-order valence-electron chi connectivity index (χ4n) is 2.73. The zero-order valence-corrected chi connectivity index (χ0v) is 14.9. The van der Waals surface area contributed by atoms with Crippen LogP contribution in [0.1, 0.15) is 40.5 Å². The van der Waals surface area contributed by atoms with Gasteiger partial charge in [0, 0.05) is 17.8 Å². The Bertz CT molecular complexity index is 578. The van der Waals surface area contributed by atoms with Gasteiger partial charge in [-0.15, -0.1) is 0 Å². The highest BCUT2D eigenvalue weighted by Gasteiger charge is 2.35. The van der Waals surface area contributed by atoms with Crippen LogP contribution in [0.4, 0.5) is 10.5 Å². The molecule has 2 rings (SSSR count). The molecule has 1 fully saturated rings. The lowest BCUT2D eigenvalue weighted by Gasteiger charge is -2.28. The van der Waals surface area contributed by atoms with Gasteiger partial charge >= 0.3 is 6.03 Å². The van der Waals surface area contributed by atoms with Gasteiger partial charge in [0.15, 0.2) is 0 Å². The highest BCUT2D eigenvalue weighted by Crippen LogP contribution is 2.21. The van der Waals surface area contributed by atoms with E-state index in [0.717, 1.165) is 12.2 Å². The van der Waals surface area contributed by atoms with Gasteiger partial charge in [-0.1, -0.05) is 0 Å². The summed E-state index contributed by atoms with van der Waals surface area (Å²) < 4.78 is 5.38. The lowest BCUT2D eigenvalue weighted by molar-refractivity contribution is -0.126. The third-order valence-electron chi connectivity index (χ3n) is 3.73. The first-order chi connectivity index (χ1) is 11.3. The van der Waals surface area contributed by atoms with Gasteiger partial charge in [-0.05, 0) is 64.8 Å². The number of hydrogen-bond donors (Lipinski definition) is 2. The van der Waals surface area contributed by atoms with Gasteiger partial charge in [0.05, 0.1) is 6.61 Å². The number of hydrogen-bond acceptors (Lipinski definition) is 3. The standard InChI is InChI=1S/C18H27N3O3/c1-5-24-14-10-8-13(9-11-14)19-17(23)21-12-6-7-15(21)16(22)20-18(2,3)4/h8-11,15H,5-7,12H2,1-4H3,(H,19,23)(H,20,22). The molecule has 1 aliphatic rings. The number of nitrogens with zero attached hydrogens (tertiary/aromatic N) is 1. The Morgan fingerprint density at radius 3 is 2.50 bits per heavy atom. The van der Waals surface area contributed by atoms with Crippen LogP contribution in [0, 0.1) is 0 Å². The third-order valence-corrected chi connectivity index (χ3v) is 3.73. The van der Waals surface area contributed by atoms with E-state index in [4.69, 9.17) is 4.74 Å². The van der Waals surface area contributed by atoms with Crippen molar-refractivity contribution in [2.45, 2.75) is 52.1 Å². The highest BCUT2D eigenvalue weighted by molar-refractivity contribution is 5.94. The van der Waals surface area contributed by atoms with Crippen LogP contribution in [-0.4, -0.2) is 41.6 Å². The second kappa shape index (κ2) is 7.55. The molecule has 3 amide bonds. The topological polar surface area (TPSA) is 70.7 Å². The molecule has 6 heteroatoms. The van der Waals surface area contributed by atoms with Gasteiger partial charge in [0.1, 0.15) is 11.8 Å². The van der Waals surface area contributed by atoms with Crippen molar-refractivity contribution in [2.24, 2.45) is 0 Å². The Kier molecular flexibility index (Phi) is 5.70. The molecule has 0 aromatic heterocycles. The van der Waals surface area contributed by atoms with E-state index in [1.165, 1.54) is 0 Å². The molecule has 0 aliphatic carbocycles. The molecule has 1 aromatic rings. The molecule has 2 N–H and O–H groups in total. The van der Waals surface area contributed by atoms with Crippen molar-refractivity contribution in [1.29, 1.82) is 0 Å². The minimum atomic E-state index is -0.410. The average molecular weight is 333 g/mol. The fourth-order valence-corrected chi connectivity index (χ4v) is 2.73. The summed E-state index contributed by atoms with van der Waals surface area (Å²) in [4.78, 5) is 26.5. The molecule has 1 heterocycles. The zero-order chi connectivity index (χ0) is 17.7. The summed E-state index contributed by atoms with van der Waals surface area (Å²) in [6.45, 7) is 8.92. The van der Waals surface area contributed by atoms with Crippen LogP contribution in [0.25, 0.3) is 0 Å². The van der Waals surface area contributed by atoms with E-state index in [0.29, 0.717) is 25.3 Å². The van der Waals surface area contributed by atoms with E-state index >= 15 is 0 Å². The number of carbonyl (C=O) groups excluding carboxylic acids is 2. The predicted molar refractivity (Wildman–Crippen MR) is 94.3 cm³/mol. The van der Waals surface area contributed by atoms with Crippen LogP contribution in [-0.2, 0) is 4.79 Å². The quantitative estimate of drug-likeness (QED) is 0.890. The Labute approximate surface area is 143 Å². The van der Waals surface area contributed by atoms with Crippen LogP contribution in [0.2, 0.25) is 0 Å². The van der Waals surface area contributed by atoms with Crippen LogP contribution in [0.3, 0.4) is 0 Å². The summed E-state index contributed by atoms with van der Waals surface area (Å²) in [6, 6.07) is 6.56. The third kappa shape index (κ3) is 4.88. The summed E-state index contributed by atoms with van der Waals surface area (Å²) in [5, 5.41) is 5.81. The first-order valence-electron chi connectivity index (χ1n) is 8.42. The van der Waals surface area contributed by atoms with Gasteiger partial charge in [0.2, 0.25) is 5.91 Å². The van der Waals surface area contributed by atoms with E-state index in [-0.39, 0.29) is 17.5 Å². The Hall–Kier alpha value is -2.24. The fraction of sp³-hybridized carbons (Fsp3) is 0.556. The highest BCUT2D eigenvalue weighted by atomic mass is 16.5. The molecule has 1 aromatic carbocycles. The second-order valence-electron chi connectivity index (χ2n) is 6.98. The molecular formula is C18H27N3O3. The van der Waals surface area contributed by atoms with Crippen molar-refractivity contribution in [1.82, 2.24) is 10.2 Å². The maximum Gasteiger partial charge on any atom is 0.322 e. The summed E-state index contributed by atoms with van der Waals surface area (Å²) in [5.74, 6) is 0.668. The van der Waals surface area contributed by atoms with E-state index in [1.54, 1.807) is 17.0 Å². The number of nitrogens with one attached hydrogen (secondary N) is 2. The van der Waals surface area contributed by atoms with Crippen molar-refractivity contribution in [2.75, 3.05) is 18.5 Å². The summed E-state index contributed by atoms with van der Waals surface area (Å²) in [5.41, 5.74) is 0.377. The van der Waals surface area contributed by atoms with Crippen molar-refractivity contribution in [3.63, 3.8) is 0 Å². The van der Waals surface area contributed by atoms with Crippen LogP contribution >= 0.6 is 0 Å². The molecule has 0 spiro atoms. The SMILES string of the molecule is CCOc1ccc(NC(=O)N2CCCC2C(=O)NC(C)(C)C)cc1. The first-order valence-corrected chi connectivity index (χ1v) is 8.42. The summed E-state index contributed by atoms with van der Waals surface area (Å²) in [7, 11) is 0. The molecule has 0 bridgehead atoms. The van der Waals surface area contributed by atoms with Crippen LogP contribution in [0.5, 0.6) is 5.75 Å². The van der Waals surface area contributed by atoms with Crippen molar-refractivity contribution in [3.05, 3.63) is 24.3 Å². The predicted octanol–water partition coefficient (Wildman–Crippen LogP) is 3.00. The van der Waals surface area contributed by atoms with Gasteiger partial charge in [-0.25, -0.2) is 4.79 Å². The summed E-state index contributed by atoms with van der Waals surface area (Å²) in [6.07, 6.45) is 1.53. The lowest BCUT2D eigenvalue weighted by Crippen LogP contribution is -2.52. The minimum Gasteiger partial charge on any atom is -0.494 e. The molecule has 132 valence electrons. The molecule has 1 unspecified atom stereocenters. The molecule has 0 radical (unpaired) electrons. The molecule has 1 saturated heterocycles. The smallest absolute Gasteiger partial charge is 0.322 e. The normalized spacial score (nSPS) is 17.5. The van der Waals surface area contributed by atoms with E-state index in [2.05, 4.69) is 10.6 Å². The Morgan fingerprint density at radius 2 is 1.92 bits per heavy atom. The largest absolute Gasteiger partial charge is 0.494 e. The zero-order valence-electron chi connectivity index (χ0n) is 14.9. The van der Waals surface area contributed by atoms with Crippen molar-refractivity contribution in [3.8, 4) is 5.75 Å². The molecule has 1 atom stereocenters. The number of amides is 3. The maximum atomic E-state index is 12.5. The van der Waals surface area contributed by atoms with E-state index in [9.17, 15) is 9.59 Å². The maximum absolute atomic E-state index is 12.5. The number of carbonyl (C=O) groups is 2. The van der Waals surface area contributed by atoms with Crippen molar-refractivity contribution >= 4 is 17.6 Å². The van der Waals surface area contributed by atoms with Crippen LogP contribution < -0.4 is 15.4 Å². The van der Waals surface area contributed by atoms with E-state index in [1.807, 2.05) is 39.8 Å². The molecule has 0 saturated carbocycles. The Morgan fingerprint density at radius 1 is 1.25 bits per heavy atom. The van der Waals surface area contributed by atoms with Crippen molar-refractivity contribution < 1.29 is 14.3 Å². The second-order valence-corrected chi connectivity index (χ2v) is 6.98. The lowest BCUT2D eigenvalue weighted by atomic mass is 10.1. The number of anilines is 1. The monoisotopic (exact) mass is 333 g/mol. The van der Waals surface area contributed by atoms with Gasteiger partial charge in [-0.2, -0.15) is 0 Å². The number of rotatable bonds is 4. The minimum absolute atomic E-state index is 0.0955. The first kappa shape index (κ1) is 18.1. The molecule has 6 nitrogen and oxygen atoms in total. The molecule has 1 aliphatic heterocycles. The summed E-state index contributed by atoms with van der Waals surface area (Å²) >= 11 is 0. The molecule has 24 heavy (non-hydrogen) atoms. The Balaban J connectivity index is 1.98.